The molecule has 4 heteroatoms. The smallest absolute Gasteiger partial charge is 0.333 e. The number of carbonyl (C=O) groups excluding carboxylic acids is 2. The monoisotopic (exact) mass is 282 g/mol. The van der Waals surface area contributed by atoms with Crippen LogP contribution in [0.1, 0.15) is 52.4 Å². The molecule has 1 saturated carbocycles. The highest BCUT2D eigenvalue weighted by Crippen LogP contribution is 2.28. The fourth-order valence-electron chi connectivity index (χ4n) is 2.28. The molecule has 0 radical (unpaired) electrons. The second-order valence-electron chi connectivity index (χ2n) is 5.75. The normalized spacial score (nSPS) is 22.1. The van der Waals surface area contributed by atoms with Crippen LogP contribution in [0.25, 0.3) is 0 Å². The number of rotatable bonds is 7. The van der Waals surface area contributed by atoms with Gasteiger partial charge in [0, 0.05) is 5.57 Å². The topological polar surface area (TPSA) is 52.6 Å². The van der Waals surface area contributed by atoms with E-state index in [-0.39, 0.29) is 17.9 Å². The molecule has 0 amide bonds. The van der Waals surface area contributed by atoms with E-state index < -0.39 is 0 Å². The van der Waals surface area contributed by atoms with Crippen molar-refractivity contribution in [2.75, 3.05) is 13.2 Å². The molecule has 0 bridgehead atoms. The number of esters is 2. The van der Waals surface area contributed by atoms with Crippen LogP contribution in [-0.4, -0.2) is 25.2 Å². The molecule has 1 rings (SSSR count). The summed E-state index contributed by atoms with van der Waals surface area (Å²) >= 11 is 0. The Bertz CT molecular complexity index is 340. The second kappa shape index (κ2) is 8.77. The molecule has 0 saturated heterocycles. The predicted molar refractivity (Wildman–Crippen MR) is 77.1 cm³/mol. The Morgan fingerprint density at radius 1 is 1.05 bits per heavy atom. The number of hydrogen-bond acceptors (Lipinski definition) is 4. The molecule has 0 spiro atoms. The van der Waals surface area contributed by atoms with Gasteiger partial charge in [-0.05, 0) is 51.4 Å². The molecule has 0 aromatic rings. The summed E-state index contributed by atoms with van der Waals surface area (Å²) in [6.07, 6.45) is 5.58. The van der Waals surface area contributed by atoms with E-state index in [1.54, 1.807) is 6.92 Å². The van der Waals surface area contributed by atoms with Gasteiger partial charge < -0.3 is 9.47 Å². The summed E-state index contributed by atoms with van der Waals surface area (Å²) < 4.78 is 10.2. The van der Waals surface area contributed by atoms with Gasteiger partial charge in [-0.2, -0.15) is 0 Å². The maximum Gasteiger partial charge on any atom is 0.333 e. The van der Waals surface area contributed by atoms with E-state index >= 15 is 0 Å². The van der Waals surface area contributed by atoms with E-state index in [2.05, 4.69) is 13.5 Å². The van der Waals surface area contributed by atoms with Crippen molar-refractivity contribution in [3.8, 4) is 0 Å². The molecule has 0 atom stereocenters. The zero-order chi connectivity index (χ0) is 15.0. The lowest BCUT2D eigenvalue weighted by Gasteiger charge is -2.24. The molecule has 0 heterocycles. The average Bonchev–Trinajstić information content (AvgIpc) is 2.42. The molecule has 1 aliphatic carbocycles. The minimum absolute atomic E-state index is 0.0594. The first kappa shape index (κ1) is 16.7. The lowest BCUT2D eigenvalue weighted by molar-refractivity contribution is -0.150. The van der Waals surface area contributed by atoms with Crippen molar-refractivity contribution in [1.29, 1.82) is 0 Å². The first-order chi connectivity index (χ1) is 9.50. The Balaban J connectivity index is 2.02. The lowest BCUT2D eigenvalue weighted by atomic mass is 9.83. The number of carbonyl (C=O) groups is 2. The Hall–Kier alpha value is -1.32. The van der Waals surface area contributed by atoms with E-state index in [9.17, 15) is 9.59 Å². The highest BCUT2D eigenvalue weighted by atomic mass is 16.5. The summed E-state index contributed by atoms with van der Waals surface area (Å²) in [6, 6.07) is 0. The van der Waals surface area contributed by atoms with Crippen molar-refractivity contribution in [3.63, 3.8) is 0 Å². The van der Waals surface area contributed by atoms with Gasteiger partial charge in [0.2, 0.25) is 0 Å². The van der Waals surface area contributed by atoms with Gasteiger partial charge in [-0.3, -0.25) is 4.79 Å². The van der Waals surface area contributed by atoms with Gasteiger partial charge in [-0.1, -0.05) is 13.5 Å². The molecule has 0 N–H and O–H groups in total. The average molecular weight is 282 g/mol. The summed E-state index contributed by atoms with van der Waals surface area (Å²) in [5.74, 6) is 0.406. The molecule has 0 aliphatic heterocycles. The lowest BCUT2D eigenvalue weighted by Crippen LogP contribution is -2.23. The van der Waals surface area contributed by atoms with Crippen molar-refractivity contribution in [3.05, 3.63) is 12.2 Å². The molecule has 0 aromatic heterocycles. The van der Waals surface area contributed by atoms with Crippen LogP contribution in [0.3, 0.4) is 0 Å². The molecular formula is C16H26O4. The number of unbranched alkanes of at least 4 members (excludes halogenated alkanes) is 1. The van der Waals surface area contributed by atoms with Crippen LogP contribution in [0.2, 0.25) is 0 Å². The summed E-state index contributed by atoms with van der Waals surface area (Å²) in [5, 5.41) is 0. The van der Waals surface area contributed by atoms with E-state index in [0.29, 0.717) is 25.2 Å². The van der Waals surface area contributed by atoms with Gasteiger partial charge in [0.05, 0.1) is 19.1 Å². The number of hydrogen-bond donors (Lipinski definition) is 0. The van der Waals surface area contributed by atoms with Crippen molar-refractivity contribution < 1.29 is 19.1 Å². The summed E-state index contributed by atoms with van der Waals surface area (Å²) in [6.45, 7) is 8.12. The van der Waals surface area contributed by atoms with E-state index in [1.165, 1.54) is 0 Å². The molecular weight excluding hydrogens is 256 g/mol. The largest absolute Gasteiger partial charge is 0.465 e. The van der Waals surface area contributed by atoms with Crippen LogP contribution in [-0.2, 0) is 19.1 Å². The standard InChI is InChI=1S/C16H26O4/c1-12(2)15(17)19-10-4-5-11-20-16(18)14-8-6-13(3)7-9-14/h13-14H,1,4-11H2,2-3H3. The predicted octanol–water partition coefficient (Wildman–Crippen LogP) is 3.26. The highest BCUT2D eigenvalue weighted by Gasteiger charge is 2.25. The molecule has 0 aromatic carbocycles. The SMILES string of the molecule is C=C(C)C(=O)OCCCCOC(=O)C1CCC(C)CC1. The third-order valence-corrected chi connectivity index (χ3v) is 3.71. The molecule has 1 aliphatic rings. The van der Waals surface area contributed by atoms with Gasteiger partial charge in [0.1, 0.15) is 0 Å². The van der Waals surface area contributed by atoms with E-state index in [0.717, 1.165) is 38.0 Å². The van der Waals surface area contributed by atoms with Gasteiger partial charge >= 0.3 is 11.9 Å². The second-order valence-corrected chi connectivity index (χ2v) is 5.75. The van der Waals surface area contributed by atoms with Crippen LogP contribution in [0, 0.1) is 11.8 Å². The Morgan fingerprint density at radius 2 is 1.60 bits per heavy atom. The fraction of sp³-hybridized carbons (Fsp3) is 0.750. The summed E-state index contributed by atoms with van der Waals surface area (Å²) in [7, 11) is 0. The van der Waals surface area contributed by atoms with Gasteiger partial charge in [-0.25, -0.2) is 4.79 Å². The van der Waals surface area contributed by atoms with E-state index in [4.69, 9.17) is 9.47 Å². The van der Waals surface area contributed by atoms with E-state index in [1.807, 2.05) is 0 Å². The molecule has 114 valence electrons. The Morgan fingerprint density at radius 3 is 2.15 bits per heavy atom. The third-order valence-electron chi connectivity index (χ3n) is 3.71. The number of ether oxygens (including phenoxy) is 2. The molecule has 20 heavy (non-hydrogen) atoms. The molecule has 4 nitrogen and oxygen atoms in total. The van der Waals surface area contributed by atoms with Crippen molar-refractivity contribution in [1.82, 2.24) is 0 Å². The fourth-order valence-corrected chi connectivity index (χ4v) is 2.28. The molecule has 0 unspecified atom stereocenters. The summed E-state index contributed by atoms with van der Waals surface area (Å²) in [5.41, 5.74) is 0.406. The third kappa shape index (κ3) is 6.22. The van der Waals surface area contributed by atoms with Crippen molar-refractivity contribution in [2.45, 2.75) is 52.4 Å². The Kier molecular flexibility index (Phi) is 7.34. The van der Waals surface area contributed by atoms with Gasteiger partial charge in [0.15, 0.2) is 0 Å². The van der Waals surface area contributed by atoms with Crippen LogP contribution < -0.4 is 0 Å². The minimum Gasteiger partial charge on any atom is -0.465 e. The first-order valence-corrected chi connectivity index (χ1v) is 7.50. The van der Waals surface area contributed by atoms with Crippen LogP contribution in [0.5, 0.6) is 0 Å². The maximum atomic E-state index is 11.8. The quantitative estimate of drug-likeness (QED) is 0.408. The molecule has 1 fully saturated rings. The van der Waals surface area contributed by atoms with Gasteiger partial charge in [0.25, 0.3) is 0 Å². The van der Waals surface area contributed by atoms with Crippen LogP contribution in [0.4, 0.5) is 0 Å². The van der Waals surface area contributed by atoms with Crippen molar-refractivity contribution >= 4 is 11.9 Å². The minimum atomic E-state index is -0.363. The van der Waals surface area contributed by atoms with Crippen molar-refractivity contribution in [2.24, 2.45) is 11.8 Å². The first-order valence-electron chi connectivity index (χ1n) is 7.50. The van der Waals surface area contributed by atoms with Crippen LogP contribution in [0.15, 0.2) is 12.2 Å². The van der Waals surface area contributed by atoms with Crippen LogP contribution >= 0.6 is 0 Å². The zero-order valence-electron chi connectivity index (χ0n) is 12.7. The summed E-state index contributed by atoms with van der Waals surface area (Å²) in [4.78, 5) is 22.9. The Labute approximate surface area is 121 Å². The zero-order valence-corrected chi connectivity index (χ0v) is 12.7. The highest BCUT2D eigenvalue weighted by molar-refractivity contribution is 5.86. The maximum absolute atomic E-state index is 11.8. The van der Waals surface area contributed by atoms with Gasteiger partial charge in [-0.15, -0.1) is 0 Å².